The minimum absolute atomic E-state index is 0.0244. The van der Waals surface area contributed by atoms with Gasteiger partial charge in [-0.25, -0.2) is 13.1 Å². The summed E-state index contributed by atoms with van der Waals surface area (Å²) in [6.07, 6.45) is 0.242. The van der Waals surface area contributed by atoms with Gasteiger partial charge in [0.2, 0.25) is 15.9 Å². The van der Waals surface area contributed by atoms with Gasteiger partial charge in [0.25, 0.3) is 0 Å². The van der Waals surface area contributed by atoms with Gasteiger partial charge in [-0.15, -0.1) is 0 Å². The molecule has 168 valence electrons. The minimum atomic E-state index is -3.64. The Morgan fingerprint density at radius 3 is 2.34 bits per heavy atom. The van der Waals surface area contributed by atoms with E-state index in [0.29, 0.717) is 18.1 Å². The Morgan fingerprint density at radius 1 is 1.00 bits per heavy atom. The number of halogens is 1. The van der Waals surface area contributed by atoms with Crippen LogP contribution in [0, 0.1) is 13.8 Å². The summed E-state index contributed by atoms with van der Waals surface area (Å²) in [7, 11) is -3.64. The predicted octanol–water partition coefficient (Wildman–Crippen LogP) is 3.22. The third-order valence-electron chi connectivity index (χ3n) is 5.80. The molecule has 0 unspecified atom stereocenters. The number of hydrogen-bond donors (Lipinski definition) is 0. The smallest absolute Gasteiger partial charge is 0.243 e. The molecule has 0 atom stereocenters. The lowest BCUT2D eigenvalue weighted by Gasteiger charge is -2.34. The van der Waals surface area contributed by atoms with E-state index in [1.807, 2.05) is 48.9 Å². The third kappa shape index (κ3) is 4.44. The Morgan fingerprint density at radius 2 is 1.69 bits per heavy atom. The number of amides is 1. The molecule has 2 heterocycles. The van der Waals surface area contributed by atoms with Crippen LogP contribution >= 0.6 is 11.6 Å². The third-order valence-corrected chi connectivity index (χ3v) is 7.92. The zero-order valence-electron chi connectivity index (χ0n) is 18.0. The maximum Gasteiger partial charge on any atom is 0.243 e. The summed E-state index contributed by atoms with van der Waals surface area (Å²) in [6, 6.07) is 16.1. The van der Waals surface area contributed by atoms with Gasteiger partial charge < -0.3 is 4.90 Å². The monoisotopic (exact) mass is 472 g/mol. The van der Waals surface area contributed by atoms with Crippen molar-refractivity contribution in [1.29, 1.82) is 0 Å². The van der Waals surface area contributed by atoms with Gasteiger partial charge in [0.1, 0.15) is 0 Å². The first-order valence-electron chi connectivity index (χ1n) is 10.4. The zero-order valence-corrected chi connectivity index (χ0v) is 19.6. The lowest BCUT2D eigenvalue weighted by Crippen LogP contribution is -2.50. The summed E-state index contributed by atoms with van der Waals surface area (Å²) >= 11 is 5.96. The van der Waals surface area contributed by atoms with Crippen LogP contribution in [-0.4, -0.2) is 59.5 Å². The van der Waals surface area contributed by atoms with E-state index in [2.05, 4.69) is 5.10 Å². The number of sulfonamides is 1. The van der Waals surface area contributed by atoms with Gasteiger partial charge in [0.15, 0.2) is 0 Å². The Balaban J connectivity index is 1.43. The molecule has 7 nitrogen and oxygen atoms in total. The molecule has 3 aromatic rings. The largest absolute Gasteiger partial charge is 0.340 e. The maximum absolute atomic E-state index is 13.0. The lowest BCUT2D eigenvalue weighted by atomic mass is 10.1. The van der Waals surface area contributed by atoms with Crippen molar-refractivity contribution < 1.29 is 13.2 Å². The summed E-state index contributed by atoms with van der Waals surface area (Å²) in [5.74, 6) is -0.0244. The fourth-order valence-electron chi connectivity index (χ4n) is 3.97. The number of para-hydroxylation sites is 1. The molecule has 1 aromatic heterocycles. The highest BCUT2D eigenvalue weighted by Gasteiger charge is 2.30. The molecule has 0 N–H and O–H groups in total. The van der Waals surface area contributed by atoms with Crippen molar-refractivity contribution in [3.63, 3.8) is 0 Å². The van der Waals surface area contributed by atoms with E-state index in [4.69, 9.17) is 11.6 Å². The Labute approximate surface area is 193 Å². The van der Waals surface area contributed by atoms with Gasteiger partial charge in [-0.3, -0.25) is 4.79 Å². The fourth-order valence-corrected chi connectivity index (χ4v) is 5.69. The number of aryl methyl sites for hydroxylation is 1. The second kappa shape index (κ2) is 9.05. The van der Waals surface area contributed by atoms with E-state index in [1.54, 1.807) is 17.0 Å². The molecule has 0 saturated carbocycles. The van der Waals surface area contributed by atoms with E-state index in [0.717, 1.165) is 22.6 Å². The van der Waals surface area contributed by atoms with Crippen molar-refractivity contribution in [2.75, 3.05) is 26.2 Å². The Bertz CT molecular complexity index is 1230. The maximum atomic E-state index is 13.0. The quantitative estimate of drug-likeness (QED) is 0.571. The van der Waals surface area contributed by atoms with E-state index in [1.165, 1.54) is 16.4 Å². The number of benzene rings is 2. The van der Waals surface area contributed by atoms with E-state index >= 15 is 0 Å². The average Bonchev–Trinajstić information content (AvgIpc) is 3.08. The van der Waals surface area contributed by atoms with Crippen LogP contribution in [0.4, 0.5) is 0 Å². The first kappa shape index (κ1) is 22.5. The molecule has 32 heavy (non-hydrogen) atoms. The topological polar surface area (TPSA) is 75.5 Å². The van der Waals surface area contributed by atoms with Crippen molar-refractivity contribution >= 4 is 27.5 Å². The Kier molecular flexibility index (Phi) is 6.37. The molecule has 9 heteroatoms. The first-order chi connectivity index (χ1) is 15.3. The van der Waals surface area contributed by atoms with Crippen LogP contribution in [0.25, 0.3) is 5.69 Å². The van der Waals surface area contributed by atoms with Gasteiger partial charge >= 0.3 is 0 Å². The molecule has 0 aliphatic carbocycles. The lowest BCUT2D eigenvalue weighted by molar-refractivity contribution is -0.131. The molecule has 1 amide bonds. The summed E-state index contributed by atoms with van der Waals surface area (Å²) < 4.78 is 29.0. The molecular weight excluding hydrogens is 448 g/mol. The molecule has 0 radical (unpaired) electrons. The summed E-state index contributed by atoms with van der Waals surface area (Å²) in [6.45, 7) is 5.08. The van der Waals surface area contributed by atoms with Crippen LogP contribution in [0.15, 0.2) is 59.5 Å². The normalized spacial score (nSPS) is 15.2. The van der Waals surface area contributed by atoms with Crippen molar-refractivity contribution in [3.05, 3.63) is 76.6 Å². The molecule has 4 rings (SSSR count). The zero-order chi connectivity index (χ0) is 22.9. The number of carbonyl (C=O) groups excluding carboxylic acids is 1. The van der Waals surface area contributed by atoms with Gasteiger partial charge in [-0.1, -0.05) is 35.9 Å². The van der Waals surface area contributed by atoms with E-state index in [9.17, 15) is 13.2 Å². The number of hydrogen-bond acceptors (Lipinski definition) is 4. The number of aromatic nitrogens is 2. The second-order valence-electron chi connectivity index (χ2n) is 7.82. The van der Waals surface area contributed by atoms with Gasteiger partial charge in [0.05, 0.1) is 22.7 Å². The van der Waals surface area contributed by atoms with E-state index in [-0.39, 0.29) is 30.3 Å². The Hall–Kier alpha value is -2.68. The molecule has 0 bridgehead atoms. The van der Waals surface area contributed by atoms with E-state index < -0.39 is 10.0 Å². The number of nitrogens with zero attached hydrogens (tertiary/aromatic N) is 4. The average molecular weight is 473 g/mol. The number of carbonyl (C=O) groups is 1. The highest BCUT2D eigenvalue weighted by atomic mass is 35.5. The van der Waals surface area contributed by atoms with Crippen molar-refractivity contribution in [2.24, 2.45) is 0 Å². The van der Waals surface area contributed by atoms with Gasteiger partial charge in [-0.2, -0.15) is 9.40 Å². The molecule has 1 aliphatic rings. The summed E-state index contributed by atoms with van der Waals surface area (Å²) in [4.78, 5) is 14.9. The van der Waals surface area contributed by atoms with Crippen LogP contribution < -0.4 is 0 Å². The molecule has 2 aromatic carbocycles. The van der Waals surface area contributed by atoms with Crippen molar-refractivity contribution in [1.82, 2.24) is 19.0 Å². The van der Waals surface area contributed by atoms with Crippen molar-refractivity contribution in [2.45, 2.75) is 25.2 Å². The molecular formula is C23H25ClN4O3S. The van der Waals surface area contributed by atoms with Crippen LogP contribution in [0.3, 0.4) is 0 Å². The van der Waals surface area contributed by atoms with Gasteiger partial charge in [-0.05, 0) is 44.2 Å². The predicted molar refractivity (Wildman–Crippen MR) is 124 cm³/mol. The van der Waals surface area contributed by atoms with Crippen LogP contribution in [0.5, 0.6) is 0 Å². The van der Waals surface area contributed by atoms with Crippen LogP contribution in [0.1, 0.15) is 17.0 Å². The number of piperazine rings is 1. The van der Waals surface area contributed by atoms with Crippen LogP contribution in [0.2, 0.25) is 5.02 Å². The molecule has 1 aliphatic heterocycles. The van der Waals surface area contributed by atoms with Crippen LogP contribution in [-0.2, 0) is 21.2 Å². The van der Waals surface area contributed by atoms with Gasteiger partial charge in [0, 0.05) is 42.5 Å². The summed E-state index contributed by atoms with van der Waals surface area (Å²) in [5.41, 5.74) is 3.62. The minimum Gasteiger partial charge on any atom is -0.340 e. The highest BCUT2D eigenvalue weighted by molar-refractivity contribution is 7.89. The second-order valence-corrected chi connectivity index (χ2v) is 10.2. The fraction of sp³-hybridized carbons (Fsp3) is 0.304. The SMILES string of the molecule is Cc1nn(-c2ccccc2)c(C)c1CC(=O)N1CCN(S(=O)(=O)c2cccc(Cl)c2)CC1. The highest BCUT2D eigenvalue weighted by Crippen LogP contribution is 2.22. The summed E-state index contributed by atoms with van der Waals surface area (Å²) in [5, 5.41) is 4.99. The van der Waals surface area contributed by atoms with Crippen molar-refractivity contribution in [3.8, 4) is 5.69 Å². The standard InChI is InChI=1S/C23H25ClN4O3S/c1-17-22(18(2)28(25-17)20-8-4-3-5-9-20)16-23(29)26-11-13-27(14-12-26)32(30,31)21-10-6-7-19(24)15-21/h3-10,15H,11-14,16H2,1-2H3. The molecule has 1 saturated heterocycles. The molecule has 0 spiro atoms. The molecule has 1 fully saturated rings. The first-order valence-corrected chi connectivity index (χ1v) is 12.2. The number of rotatable bonds is 5.